The van der Waals surface area contributed by atoms with E-state index < -0.39 is 0 Å². The van der Waals surface area contributed by atoms with Crippen molar-refractivity contribution in [3.63, 3.8) is 0 Å². The molecular weight excluding hydrogens is 248 g/mol. The first-order valence-corrected chi connectivity index (χ1v) is 9.10. The van der Waals surface area contributed by atoms with Gasteiger partial charge in [0.15, 0.2) is 0 Å². The summed E-state index contributed by atoms with van der Waals surface area (Å²) in [5.41, 5.74) is 6.38. The van der Waals surface area contributed by atoms with Crippen LogP contribution >= 0.6 is 23.5 Å². The monoisotopic (exact) mass is 276 g/mol. The van der Waals surface area contributed by atoms with E-state index in [4.69, 9.17) is 5.73 Å². The molecule has 0 aromatic carbocycles. The Morgan fingerprint density at radius 1 is 1.59 bits per heavy atom. The molecular formula is C13H28N2S2. The zero-order valence-electron chi connectivity index (χ0n) is 11.7. The number of hydrogen-bond acceptors (Lipinski definition) is 4. The lowest BCUT2D eigenvalue weighted by Gasteiger charge is -2.51. The Bertz CT molecular complexity index is 225. The summed E-state index contributed by atoms with van der Waals surface area (Å²) in [5.74, 6) is 2.52. The molecule has 1 aliphatic rings. The highest BCUT2D eigenvalue weighted by molar-refractivity contribution is 8.00. The van der Waals surface area contributed by atoms with Gasteiger partial charge >= 0.3 is 0 Å². The molecule has 2 N–H and O–H groups in total. The van der Waals surface area contributed by atoms with Crippen LogP contribution in [0.25, 0.3) is 0 Å². The predicted octanol–water partition coefficient (Wildman–Crippen LogP) is 2.67. The van der Waals surface area contributed by atoms with Crippen molar-refractivity contribution in [3.8, 4) is 0 Å². The number of hydrogen-bond donors (Lipinski definition) is 1. The average Bonchev–Trinajstić information content (AvgIpc) is 2.36. The molecule has 0 amide bonds. The van der Waals surface area contributed by atoms with Gasteiger partial charge in [0.1, 0.15) is 0 Å². The second kappa shape index (κ2) is 7.27. The van der Waals surface area contributed by atoms with Crippen molar-refractivity contribution in [3.05, 3.63) is 0 Å². The topological polar surface area (TPSA) is 29.3 Å². The summed E-state index contributed by atoms with van der Waals surface area (Å²) in [4.78, 5) is 2.60. The van der Waals surface area contributed by atoms with Gasteiger partial charge in [0.25, 0.3) is 0 Å². The first-order chi connectivity index (χ1) is 8.12. The second-order valence-corrected chi connectivity index (χ2v) is 7.41. The minimum absolute atomic E-state index is 0.222. The molecule has 0 aromatic rings. The summed E-state index contributed by atoms with van der Waals surface area (Å²) in [6, 6.07) is 0.662. The molecule has 1 heterocycles. The van der Waals surface area contributed by atoms with Crippen LogP contribution in [0, 0.1) is 0 Å². The molecule has 1 fully saturated rings. The SMILES string of the molecule is CCC(CSC)N(C)C1(CN)CCCSC1C. The Kier molecular flexibility index (Phi) is 6.70. The maximum Gasteiger partial charge on any atom is 0.0447 e. The van der Waals surface area contributed by atoms with Gasteiger partial charge in [0, 0.05) is 29.1 Å². The zero-order chi connectivity index (χ0) is 12.9. The van der Waals surface area contributed by atoms with Gasteiger partial charge in [-0.25, -0.2) is 0 Å². The Hall–Kier alpha value is 0.620. The molecule has 102 valence electrons. The van der Waals surface area contributed by atoms with Crippen molar-refractivity contribution < 1.29 is 0 Å². The summed E-state index contributed by atoms with van der Waals surface area (Å²) in [7, 11) is 2.29. The van der Waals surface area contributed by atoms with Crippen LogP contribution in [0.1, 0.15) is 33.1 Å². The number of nitrogens with zero attached hydrogens (tertiary/aromatic N) is 1. The highest BCUT2D eigenvalue weighted by Crippen LogP contribution is 2.38. The molecule has 0 spiro atoms. The number of rotatable bonds is 6. The van der Waals surface area contributed by atoms with Crippen LogP contribution in [0.2, 0.25) is 0 Å². The Labute approximate surface area is 115 Å². The molecule has 0 aromatic heterocycles. The van der Waals surface area contributed by atoms with E-state index in [1.165, 1.54) is 30.8 Å². The fourth-order valence-corrected chi connectivity index (χ4v) is 5.13. The van der Waals surface area contributed by atoms with Crippen molar-refractivity contribution in [2.45, 2.75) is 49.9 Å². The van der Waals surface area contributed by atoms with E-state index in [2.05, 4.69) is 43.8 Å². The van der Waals surface area contributed by atoms with Crippen molar-refractivity contribution in [1.29, 1.82) is 0 Å². The van der Waals surface area contributed by atoms with Gasteiger partial charge in [-0.15, -0.1) is 0 Å². The molecule has 17 heavy (non-hydrogen) atoms. The van der Waals surface area contributed by atoms with E-state index in [0.29, 0.717) is 11.3 Å². The molecule has 3 atom stereocenters. The Morgan fingerprint density at radius 3 is 2.76 bits per heavy atom. The Morgan fingerprint density at radius 2 is 2.29 bits per heavy atom. The molecule has 0 bridgehead atoms. The second-order valence-electron chi connectivity index (χ2n) is 5.05. The summed E-state index contributed by atoms with van der Waals surface area (Å²) >= 11 is 4.04. The molecule has 1 aliphatic heterocycles. The fourth-order valence-electron chi connectivity index (χ4n) is 2.93. The van der Waals surface area contributed by atoms with Crippen molar-refractivity contribution >= 4 is 23.5 Å². The van der Waals surface area contributed by atoms with Crippen molar-refractivity contribution in [2.24, 2.45) is 5.73 Å². The first kappa shape index (κ1) is 15.7. The van der Waals surface area contributed by atoms with Crippen LogP contribution in [0.3, 0.4) is 0 Å². The third-order valence-corrected chi connectivity index (χ3v) is 6.49. The number of likely N-dealkylation sites (N-methyl/N-ethyl adjacent to an activating group) is 1. The number of thioether (sulfide) groups is 2. The maximum absolute atomic E-state index is 6.16. The normalized spacial score (nSPS) is 31.8. The van der Waals surface area contributed by atoms with Gasteiger partial charge in [0.05, 0.1) is 0 Å². The lowest BCUT2D eigenvalue weighted by Crippen LogP contribution is -2.62. The number of nitrogens with two attached hydrogens (primary N) is 1. The molecule has 2 nitrogen and oxygen atoms in total. The van der Waals surface area contributed by atoms with Crippen LogP contribution in [-0.4, -0.2) is 53.1 Å². The van der Waals surface area contributed by atoms with Gasteiger partial charge in [0.2, 0.25) is 0 Å². The minimum Gasteiger partial charge on any atom is -0.329 e. The van der Waals surface area contributed by atoms with E-state index in [0.717, 1.165) is 6.54 Å². The maximum atomic E-state index is 6.16. The summed E-state index contributed by atoms with van der Waals surface area (Å²) in [6.45, 7) is 5.45. The van der Waals surface area contributed by atoms with Crippen LogP contribution in [0.5, 0.6) is 0 Å². The van der Waals surface area contributed by atoms with Crippen LogP contribution < -0.4 is 5.73 Å². The molecule has 0 aliphatic carbocycles. The minimum atomic E-state index is 0.222. The highest BCUT2D eigenvalue weighted by Gasteiger charge is 2.42. The third kappa shape index (κ3) is 3.34. The van der Waals surface area contributed by atoms with E-state index in [-0.39, 0.29) is 5.54 Å². The van der Waals surface area contributed by atoms with E-state index in [9.17, 15) is 0 Å². The quantitative estimate of drug-likeness (QED) is 0.808. The highest BCUT2D eigenvalue weighted by atomic mass is 32.2. The lowest BCUT2D eigenvalue weighted by atomic mass is 9.86. The molecule has 3 unspecified atom stereocenters. The van der Waals surface area contributed by atoms with E-state index >= 15 is 0 Å². The largest absolute Gasteiger partial charge is 0.329 e. The van der Waals surface area contributed by atoms with Gasteiger partial charge in [-0.1, -0.05) is 13.8 Å². The fraction of sp³-hybridized carbons (Fsp3) is 1.00. The van der Waals surface area contributed by atoms with Gasteiger partial charge in [-0.3, -0.25) is 4.90 Å². The smallest absolute Gasteiger partial charge is 0.0447 e. The Balaban J connectivity index is 2.82. The summed E-state index contributed by atoms with van der Waals surface area (Å²) in [5, 5.41) is 0.655. The molecule has 0 saturated carbocycles. The average molecular weight is 277 g/mol. The standard InChI is InChI=1S/C13H28N2S2/c1-5-12(9-16-4)15(3)13(10-14)7-6-8-17-11(13)2/h11-12H,5-10,14H2,1-4H3. The lowest BCUT2D eigenvalue weighted by molar-refractivity contribution is 0.0735. The third-order valence-electron chi connectivity index (χ3n) is 4.31. The molecule has 4 heteroatoms. The van der Waals surface area contributed by atoms with E-state index in [1.807, 2.05) is 11.8 Å². The molecule has 1 saturated heterocycles. The first-order valence-electron chi connectivity index (χ1n) is 6.66. The summed E-state index contributed by atoms with van der Waals surface area (Å²) in [6.07, 6.45) is 5.99. The van der Waals surface area contributed by atoms with Gasteiger partial charge in [-0.05, 0) is 38.3 Å². The zero-order valence-corrected chi connectivity index (χ0v) is 13.4. The van der Waals surface area contributed by atoms with Crippen LogP contribution in [0.15, 0.2) is 0 Å². The van der Waals surface area contributed by atoms with Crippen molar-refractivity contribution in [2.75, 3.05) is 31.4 Å². The predicted molar refractivity (Wildman–Crippen MR) is 83.2 cm³/mol. The van der Waals surface area contributed by atoms with Crippen LogP contribution in [-0.2, 0) is 0 Å². The van der Waals surface area contributed by atoms with Gasteiger partial charge in [-0.2, -0.15) is 23.5 Å². The van der Waals surface area contributed by atoms with Crippen molar-refractivity contribution in [1.82, 2.24) is 4.90 Å². The van der Waals surface area contributed by atoms with E-state index in [1.54, 1.807) is 0 Å². The summed E-state index contributed by atoms with van der Waals surface area (Å²) < 4.78 is 0. The molecule has 0 radical (unpaired) electrons. The van der Waals surface area contributed by atoms with Crippen LogP contribution in [0.4, 0.5) is 0 Å². The molecule has 1 rings (SSSR count). The van der Waals surface area contributed by atoms with Gasteiger partial charge < -0.3 is 5.73 Å².